The fraction of sp³-hybridized carbons (Fsp3) is 0.0455. The first-order chi connectivity index (χ1) is 14.6. The number of carbonyl (C=O) groups is 1. The number of thiazole rings is 1. The van der Waals surface area contributed by atoms with E-state index in [1.165, 1.54) is 6.07 Å². The van der Waals surface area contributed by atoms with Gasteiger partial charge in [0.25, 0.3) is 12.3 Å². The van der Waals surface area contributed by atoms with Gasteiger partial charge in [0.15, 0.2) is 5.82 Å². The van der Waals surface area contributed by atoms with Gasteiger partial charge in [-0.15, -0.1) is 11.3 Å². The third-order valence-electron chi connectivity index (χ3n) is 4.67. The minimum atomic E-state index is -2.70. The van der Waals surface area contributed by atoms with Crippen molar-refractivity contribution < 1.29 is 13.6 Å². The number of aromatic nitrogens is 3. The lowest BCUT2D eigenvalue weighted by atomic mass is 10.1. The first kappa shape index (κ1) is 18.4. The number of nitrogens with zero attached hydrogens (tertiary/aromatic N) is 2. The predicted octanol–water partition coefficient (Wildman–Crippen LogP) is 6.03. The van der Waals surface area contributed by atoms with Crippen LogP contribution in [0.25, 0.3) is 31.8 Å². The first-order valence-electron chi connectivity index (χ1n) is 9.12. The number of anilines is 1. The molecule has 148 valence electrons. The van der Waals surface area contributed by atoms with Gasteiger partial charge < -0.3 is 10.3 Å². The molecule has 2 N–H and O–H groups in total. The molecule has 0 saturated heterocycles. The molecule has 5 nitrogen and oxygen atoms in total. The fourth-order valence-electron chi connectivity index (χ4n) is 3.23. The number of para-hydroxylation sites is 2. The highest BCUT2D eigenvalue weighted by Crippen LogP contribution is 2.34. The minimum Gasteiger partial charge on any atom is -0.337 e. The van der Waals surface area contributed by atoms with Gasteiger partial charge in [0.1, 0.15) is 5.01 Å². The van der Waals surface area contributed by atoms with Gasteiger partial charge in [-0.05, 0) is 42.5 Å². The van der Waals surface area contributed by atoms with Crippen LogP contribution in [-0.2, 0) is 0 Å². The second-order valence-electron chi connectivity index (χ2n) is 6.64. The van der Waals surface area contributed by atoms with Gasteiger partial charge in [-0.25, -0.2) is 18.7 Å². The number of nitrogens with one attached hydrogen (secondary N) is 2. The van der Waals surface area contributed by atoms with E-state index in [9.17, 15) is 13.6 Å². The van der Waals surface area contributed by atoms with E-state index in [-0.39, 0.29) is 5.91 Å². The number of hydrogen-bond donors (Lipinski definition) is 2. The molecule has 0 bridgehead atoms. The number of H-pyrrole nitrogens is 1. The summed E-state index contributed by atoms with van der Waals surface area (Å²) >= 11 is 1.55. The van der Waals surface area contributed by atoms with Crippen molar-refractivity contribution in [2.45, 2.75) is 6.43 Å². The van der Waals surface area contributed by atoms with Gasteiger partial charge in [-0.2, -0.15) is 0 Å². The third-order valence-corrected chi connectivity index (χ3v) is 5.74. The standard InChI is InChI=1S/C22H14F2N4OS/c23-19(24)20-25-15-10-9-12(11-17(15)26-20)21(29)27-14-6-2-1-5-13(14)22-28-16-7-3-4-8-18(16)30-22/h1-11,19H,(H,25,26)(H,27,29). The van der Waals surface area contributed by atoms with E-state index in [4.69, 9.17) is 0 Å². The summed E-state index contributed by atoms with van der Waals surface area (Å²) < 4.78 is 26.8. The van der Waals surface area contributed by atoms with Crippen LogP contribution in [0.4, 0.5) is 14.5 Å². The Morgan fingerprint density at radius 1 is 0.967 bits per heavy atom. The van der Waals surface area contributed by atoms with Crippen LogP contribution in [0.5, 0.6) is 0 Å². The van der Waals surface area contributed by atoms with Gasteiger partial charge >= 0.3 is 0 Å². The Kier molecular flexibility index (Phi) is 4.48. The van der Waals surface area contributed by atoms with Crippen molar-refractivity contribution in [1.29, 1.82) is 0 Å². The van der Waals surface area contributed by atoms with E-state index in [0.29, 0.717) is 22.3 Å². The second kappa shape index (κ2) is 7.31. The Morgan fingerprint density at radius 3 is 2.60 bits per heavy atom. The number of imidazole rings is 1. The average Bonchev–Trinajstić information content (AvgIpc) is 3.37. The van der Waals surface area contributed by atoms with E-state index in [1.54, 1.807) is 23.5 Å². The lowest BCUT2D eigenvalue weighted by molar-refractivity contribution is 0.102. The van der Waals surface area contributed by atoms with Crippen molar-refractivity contribution in [2.75, 3.05) is 5.32 Å². The summed E-state index contributed by atoms with van der Waals surface area (Å²) in [6, 6.07) is 19.9. The first-order valence-corrected chi connectivity index (χ1v) is 9.94. The molecule has 0 aliphatic rings. The normalized spacial score (nSPS) is 11.4. The molecule has 2 heterocycles. The zero-order chi connectivity index (χ0) is 20.7. The molecule has 5 aromatic rings. The molecule has 0 saturated carbocycles. The van der Waals surface area contributed by atoms with E-state index >= 15 is 0 Å². The average molecular weight is 420 g/mol. The minimum absolute atomic E-state index is 0.339. The maximum atomic E-state index is 12.9. The molecule has 1 amide bonds. The summed E-state index contributed by atoms with van der Waals surface area (Å²) in [5, 5.41) is 3.71. The summed E-state index contributed by atoms with van der Waals surface area (Å²) in [5.74, 6) is -0.762. The number of amides is 1. The topological polar surface area (TPSA) is 70.7 Å². The number of aromatic amines is 1. The maximum absolute atomic E-state index is 12.9. The number of rotatable bonds is 4. The smallest absolute Gasteiger partial charge is 0.295 e. The number of hydrogen-bond acceptors (Lipinski definition) is 4. The maximum Gasteiger partial charge on any atom is 0.295 e. The number of carbonyl (C=O) groups excluding carboxylic acids is 1. The van der Waals surface area contributed by atoms with Crippen LogP contribution in [0.3, 0.4) is 0 Å². The number of alkyl halides is 2. The highest BCUT2D eigenvalue weighted by Gasteiger charge is 2.16. The SMILES string of the molecule is O=C(Nc1ccccc1-c1nc2ccccc2s1)c1ccc2nc(C(F)F)[nH]c2c1. The van der Waals surface area contributed by atoms with Crippen molar-refractivity contribution in [3.63, 3.8) is 0 Å². The summed E-state index contributed by atoms with van der Waals surface area (Å²) in [6.45, 7) is 0. The monoisotopic (exact) mass is 420 g/mol. The molecule has 3 aromatic carbocycles. The van der Waals surface area contributed by atoms with Crippen LogP contribution in [0.2, 0.25) is 0 Å². The van der Waals surface area contributed by atoms with Crippen LogP contribution in [0.15, 0.2) is 66.7 Å². The molecular weight excluding hydrogens is 406 g/mol. The highest BCUT2D eigenvalue weighted by atomic mass is 32.1. The molecule has 2 aromatic heterocycles. The van der Waals surface area contributed by atoms with Gasteiger partial charge in [0, 0.05) is 11.1 Å². The quantitative estimate of drug-likeness (QED) is 0.373. The zero-order valence-electron chi connectivity index (χ0n) is 15.4. The van der Waals surface area contributed by atoms with Crippen molar-refractivity contribution in [2.24, 2.45) is 0 Å². The Hall–Kier alpha value is -3.65. The molecular formula is C22H14F2N4OS. The molecule has 0 radical (unpaired) electrons. The molecule has 0 spiro atoms. The van der Waals surface area contributed by atoms with Crippen molar-refractivity contribution in [1.82, 2.24) is 15.0 Å². The van der Waals surface area contributed by atoms with Gasteiger partial charge in [-0.1, -0.05) is 24.3 Å². The third kappa shape index (κ3) is 3.31. The number of halogens is 2. The van der Waals surface area contributed by atoms with E-state index in [2.05, 4.69) is 20.3 Å². The van der Waals surface area contributed by atoms with Crippen molar-refractivity contribution in [3.8, 4) is 10.6 Å². The highest BCUT2D eigenvalue weighted by molar-refractivity contribution is 7.21. The summed E-state index contributed by atoms with van der Waals surface area (Å²) in [6.07, 6.45) is -2.70. The Balaban J connectivity index is 1.47. The van der Waals surface area contributed by atoms with Crippen molar-refractivity contribution >= 4 is 44.2 Å². The molecule has 0 fully saturated rings. The molecule has 5 rings (SSSR count). The van der Waals surface area contributed by atoms with Gasteiger partial charge in [0.2, 0.25) is 0 Å². The largest absolute Gasteiger partial charge is 0.337 e. The van der Waals surface area contributed by atoms with Gasteiger partial charge in [-0.3, -0.25) is 4.79 Å². The summed E-state index contributed by atoms with van der Waals surface area (Å²) in [7, 11) is 0. The zero-order valence-corrected chi connectivity index (χ0v) is 16.2. The number of fused-ring (bicyclic) bond motifs is 2. The van der Waals surface area contributed by atoms with Crippen LogP contribution < -0.4 is 5.32 Å². The van der Waals surface area contributed by atoms with Crippen molar-refractivity contribution in [3.05, 3.63) is 78.1 Å². The molecule has 0 unspecified atom stereocenters. The second-order valence-corrected chi connectivity index (χ2v) is 7.67. The number of benzene rings is 3. The van der Waals surface area contributed by atoms with Crippen LogP contribution in [0, 0.1) is 0 Å². The lowest BCUT2D eigenvalue weighted by Gasteiger charge is -2.09. The lowest BCUT2D eigenvalue weighted by Crippen LogP contribution is -2.12. The van der Waals surface area contributed by atoms with E-state index in [1.807, 2.05) is 48.5 Å². The van der Waals surface area contributed by atoms with Crippen LogP contribution in [0.1, 0.15) is 22.6 Å². The Bertz CT molecular complexity index is 1360. The van der Waals surface area contributed by atoms with Crippen LogP contribution >= 0.6 is 11.3 Å². The predicted molar refractivity (Wildman–Crippen MR) is 114 cm³/mol. The molecule has 8 heteroatoms. The summed E-state index contributed by atoms with van der Waals surface area (Å²) in [4.78, 5) is 23.9. The van der Waals surface area contributed by atoms with Gasteiger partial charge in [0.05, 0.1) is 26.9 Å². The molecule has 0 atom stereocenters. The fourth-order valence-corrected chi connectivity index (χ4v) is 4.24. The molecule has 0 aliphatic carbocycles. The van der Waals surface area contributed by atoms with E-state index in [0.717, 1.165) is 20.8 Å². The molecule has 0 aliphatic heterocycles. The Morgan fingerprint density at radius 2 is 1.77 bits per heavy atom. The summed E-state index contributed by atoms with van der Waals surface area (Å²) in [5.41, 5.74) is 3.45. The molecule has 30 heavy (non-hydrogen) atoms. The van der Waals surface area contributed by atoms with E-state index < -0.39 is 12.2 Å². The Labute approximate surface area is 173 Å². The van der Waals surface area contributed by atoms with Crippen LogP contribution in [-0.4, -0.2) is 20.9 Å².